The molecule has 1 amide bonds. The Morgan fingerprint density at radius 2 is 1.87 bits per heavy atom. The molecular formula is C30H32N4O3S2. The van der Waals surface area contributed by atoms with Crippen molar-refractivity contribution in [1.29, 1.82) is 0 Å². The van der Waals surface area contributed by atoms with Crippen molar-refractivity contribution in [1.82, 2.24) is 14.8 Å². The summed E-state index contributed by atoms with van der Waals surface area (Å²) in [4.78, 5) is 25.8. The van der Waals surface area contributed by atoms with Crippen LogP contribution in [0.25, 0.3) is 22.5 Å². The van der Waals surface area contributed by atoms with E-state index in [1.54, 1.807) is 6.08 Å². The average molecular weight is 561 g/mol. The minimum absolute atomic E-state index is 0.0961. The molecule has 0 atom stereocenters. The first kappa shape index (κ1) is 28.3. The highest BCUT2D eigenvalue weighted by molar-refractivity contribution is 7.99. The van der Waals surface area contributed by atoms with Crippen molar-refractivity contribution in [2.45, 2.75) is 45.3 Å². The predicted molar refractivity (Wildman–Crippen MR) is 160 cm³/mol. The Hall–Kier alpha value is -3.69. The third-order valence-electron chi connectivity index (χ3n) is 6.31. The molecule has 7 nitrogen and oxygen atoms in total. The maximum absolute atomic E-state index is 13.0. The summed E-state index contributed by atoms with van der Waals surface area (Å²) < 4.78 is 7.01. The lowest BCUT2D eigenvalue weighted by atomic mass is 9.97. The van der Waals surface area contributed by atoms with Crippen LogP contribution in [-0.4, -0.2) is 39.5 Å². The Kier molecular flexibility index (Phi) is 9.04. The fourth-order valence-corrected chi connectivity index (χ4v) is 5.90. The molecular weight excluding hydrogens is 528 g/mol. The highest BCUT2D eigenvalue weighted by Crippen LogP contribution is 2.38. The molecule has 4 rings (SSSR count). The van der Waals surface area contributed by atoms with Gasteiger partial charge in [-0.1, -0.05) is 79.7 Å². The number of carbonyl (C=O) groups excluding carboxylic acids is 2. The summed E-state index contributed by atoms with van der Waals surface area (Å²) in [5.41, 5.74) is 6.36. The van der Waals surface area contributed by atoms with Gasteiger partial charge in [-0.2, -0.15) is 0 Å². The molecule has 0 unspecified atom stereocenters. The topological polar surface area (TPSA) is 86.1 Å². The predicted octanol–water partition coefficient (Wildman–Crippen LogP) is 7.12. The highest BCUT2D eigenvalue weighted by Gasteiger charge is 2.24. The number of anilines is 1. The van der Waals surface area contributed by atoms with Crippen molar-refractivity contribution in [3.63, 3.8) is 0 Å². The highest BCUT2D eigenvalue weighted by atomic mass is 32.2. The van der Waals surface area contributed by atoms with Crippen LogP contribution in [-0.2, 0) is 16.1 Å². The SMILES string of the molecule is C=CCn1c(SCC(=O)Nc2scc(-c3cc(C)ccc3C)c2C(=O)OC)nnc1-c1ccc(C(C)C)cc1. The quantitative estimate of drug-likeness (QED) is 0.126. The molecule has 0 saturated carbocycles. The molecule has 0 radical (unpaired) electrons. The summed E-state index contributed by atoms with van der Waals surface area (Å²) in [6.45, 7) is 12.7. The standard InChI is InChI=1S/C30H32N4O3S2/c1-7-14-34-27(22-12-10-21(11-13-22)18(2)3)32-33-30(34)39-17-25(35)31-28-26(29(36)37-6)24(16-38-28)23-15-19(4)8-9-20(23)5/h7-13,15-16,18H,1,14,17H2,2-6H3,(H,31,35). The summed E-state index contributed by atoms with van der Waals surface area (Å²) in [5, 5.41) is 14.6. The van der Waals surface area contributed by atoms with Gasteiger partial charge in [-0.05, 0) is 36.5 Å². The van der Waals surface area contributed by atoms with Gasteiger partial charge in [-0.15, -0.1) is 28.1 Å². The van der Waals surface area contributed by atoms with E-state index >= 15 is 0 Å². The summed E-state index contributed by atoms with van der Waals surface area (Å²) in [5.74, 6) is 0.510. The van der Waals surface area contributed by atoms with Crippen LogP contribution in [0.1, 0.15) is 46.8 Å². The van der Waals surface area contributed by atoms with Crippen LogP contribution in [0.5, 0.6) is 0 Å². The van der Waals surface area contributed by atoms with Gasteiger partial charge in [0.05, 0.1) is 12.9 Å². The second-order valence-electron chi connectivity index (χ2n) is 9.48. The molecule has 0 saturated heterocycles. The molecule has 2 aromatic carbocycles. The third kappa shape index (κ3) is 6.32. The Bertz CT molecular complexity index is 1500. The van der Waals surface area contributed by atoms with Gasteiger partial charge >= 0.3 is 5.97 Å². The molecule has 0 aliphatic carbocycles. The fraction of sp³-hybridized carbons (Fsp3) is 0.267. The lowest BCUT2D eigenvalue weighted by molar-refractivity contribution is -0.113. The maximum atomic E-state index is 13.0. The third-order valence-corrected chi connectivity index (χ3v) is 8.18. The van der Waals surface area contributed by atoms with Gasteiger partial charge < -0.3 is 10.1 Å². The first-order valence-corrected chi connectivity index (χ1v) is 14.4. The van der Waals surface area contributed by atoms with E-state index in [4.69, 9.17) is 4.74 Å². The number of thiophene rings is 1. The van der Waals surface area contributed by atoms with E-state index in [2.05, 4.69) is 48.1 Å². The van der Waals surface area contributed by atoms with Crippen molar-refractivity contribution in [2.75, 3.05) is 18.2 Å². The number of allylic oxidation sites excluding steroid dienone is 1. The Morgan fingerprint density at radius 1 is 1.13 bits per heavy atom. The number of esters is 1. The monoisotopic (exact) mass is 560 g/mol. The van der Waals surface area contributed by atoms with E-state index in [0.717, 1.165) is 33.6 Å². The van der Waals surface area contributed by atoms with Gasteiger partial charge in [0.1, 0.15) is 10.6 Å². The number of thioether (sulfide) groups is 1. The average Bonchev–Trinajstić information content (AvgIpc) is 3.52. The molecule has 0 bridgehead atoms. The number of methoxy groups -OCH3 is 1. The van der Waals surface area contributed by atoms with Crippen molar-refractivity contribution in [2.24, 2.45) is 0 Å². The first-order valence-electron chi connectivity index (χ1n) is 12.6. The first-order chi connectivity index (χ1) is 18.7. The van der Waals surface area contributed by atoms with Gasteiger partial charge in [0, 0.05) is 23.1 Å². The van der Waals surface area contributed by atoms with Gasteiger partial charge in [0.15, 0.2) is 11.0 Å². The molecule has 4 aromatic rings. The normalized spacial score (nSPS) is 11.0. The molecule has 0 spiro atoms. The zero-order valence-corrected chi connectivity index (χ0v) is 24.4. The number of aromatic nitrogens is 3. The second-order valence-corrected chi connectivity index (χ2v) is 11.3. The summed E-state index contributed by atoms with van der Waals surface area (Å²) in [7, 11) is 1.34. The van der Waals surface area contributed by atoms with Crippen molar-refractivity contribution < 1.29 is 14.3 Å². The lowest BCUT2D eigenvalue weighted by Gasteiger charge is -2.11. The van der Waals surface area contributed by atoms with Crippen molar-refractivity contribution >= 4 is 40.0 Å². The van der Waals surface area contributed by atoms with Gasteiger partial charge in [-0.25, -0.2) is 4.79 Å². The zero-order chi connectivity index (χ0) is 28.1. The number of benzene rings is 2. The molecule has 2 heterocycles. The number of carbonyl (C=O) groups is 2. The number of aryl methyl sites for hydroxylation is 2. The van der Waals surface area contributed by atoms with Crippen LogP contribution in [0.2, 0.25) is 0 Å². The largest absolute Gasteiger partial charge is 0.465 e. The van der Waals surface area contributed by atoms with E-state index in [0.29, 0.717) is 28.2 Å². The van der Waals surface area contributed by atoms with E-state index in [1.807, 2.05) is 54.1 Å². The van der Waals surface area contributed by atoms with Crippen LogP contribution in [0.4, 0.5) is 5.00 Å². The number of amides is 1. The van der Waals surface area contributed by atoms with Gasteiger partial charge in [0.25, 0.3) is 0 Å². The van der Waals surface area contributed by atoms with Gasteiger partial charge in [-0.3, -0.25) is 9.36 Å². The Labute approximate surface area is 237 Å². The molecule has 0 fully saturated rings. The smallest absolute Gasteiger partial charge is 0.341 e. The van der Waals surface area contributed by atoms with E-state index in [1.165, 1.54) is 35.8 Å². The van der Waals surface area contributed by atoms with E-state index in [-0.39, 0.29) is 11.7 Å². The molecule has 9 heteroatoms. The Morgan fingerprint density at radius 3 is 2.54 bits per heavy atom. The minimum atomic E-state index is -0.492. The molecule has 0 aliphatic rings. The second kappa shape index (κ2) is 12.4. The van der Waals surface area contributed by atoms with Crippen molar-refractivity contribution in [3.05, 3.63) is 82.8 Å². The van der Waals surface area contributed by atoms with Crippen LogP contribution >= 0.6 is 23.1 Å². The number of nitrogens with one attached hydrogen (secondary N) is 1. The summed E-state index contributed by atoms with van der Waals surface area (Å²) in [6, 6.07) is 14.4. The van der Waals surface area contributed by atoms with Crippen LogP contribution < -0.4 is 5.32 Å². The zero-order valence-electron chi connectivity index (χ0n) is 22.8. The number of ether oxygens (including phenoxy) is 1. The fourth-order valence-electron chi connectivity index (χ4n) is 4.19. The summed E-state index contributed by atoms with van der Waals surface area (Å²) >= 11 is 2.59. The molecule has 202 valence electrons. The van der Waals surface area contributed by atoms with E-state index < -0.39 is 5.97 Å². The molecule has 39 heavy (non-hydrogen) atoms. The number of rotatable bonds is 10. The molecule has 1 N–H and O–H groups in total. The minimum Gasteiger partial charge on any atom is -0.465 e. The van der Waals surface area contributed by atoms with Crippen LogP contribution in [0.15, 0.2) is 65.7 Å². The number of nitrogens with zero attached hydrogens (tertiary/aromatic N) is 3. The van der Waals surface area contributed by atoms with Gasteiger partial charge in [0.2, 0.25) is 5.91 Å². The van der Waals surface area contributed by atoms with Crippen LogP contribution in [0, 0.1) is 13.8 Å². The summed E-state index contributed by atoms with van der Waals surface area (Å²) in [6.07, 6.45) is 1.78. The van der Waals surface area contributed by atoms with Crippen LogP contribution in [0.3, 0.4) is 0 Å². The number of hydrogen-bond acceptors (Lipinski definition) is 7. The lowest BCUT2D eigenvalue weighted by Crippen LogP contribution is -2.16. The van der Waals surface area contributed by atoms with E-state index in [9.17, 15) is 9.59 Å². The number of hydrogen-bond donors (Lipinski definition) is 1. The van der Waals surface area contributed by atoms with Crippen molar-refractivity contribution in [3.8, 4) is 22.5 Å². The maximum Gasteiger partial charge on any atom is 0.341 e. The Balaban J connectivity index is 1.53. The molecule has 2 aromatic heterocycles. The molecule has 0 aliphatic heterocycles.